The van der Waals surface area contributed by atoms with E-state index in [1.165, 1.54) is 5.56 Å². The largest absolute Gasteiger partial charge is 0.345 e. The molecule has 1 aromatic rings. The maximum absolute atomic E-state index is 12.1. The number of hydrogen-bond acceptors (Lipinski definition) is 3. The maximum atomic E-state index is 12.1. The van der Waals surface area contributed by atoms with E-state index in [1.54, 1.807) is 0 Å². The first-order valence-corrected chi connectivity index (χ1v) is 6.12. The number of alkyl halides is 2. The maximum Gasteiger partial charge on any atom is 0.345 e. The molecule has 0 unspecified atom stereocenters. The van der Waals surface area contributed by atoms with Crippen molar-refractivity contribution in [2.45, 2.75) is 39.5 Å². The zero-order valence-electron chi connectivity index (χ0n) is 11.0. The van der Waals surface area contributed by atoms with Gasteiger partial charge in [0, 0.05) is 37.9 Å². The Morgan fingerprint density at radius 1 is 1.44 bits per heavy atom. The Bertz CT molecular complexity index is 420. The van der Waals surface area contributed by atoms with Gasteiger partial charge in [-0.05, 0) is 20.3 Å². The number of nitrogens with zero attached hydrogens (tertiary/aromatic N) is 3. The van der Waals surface area contributed by atoms with Gasteiger partial charge >= 0.3 is 6.61 Å². The third-order valence-corrected chi connectivity index (χ3v) is 3.57. The van der Waals surface area contributed by atoms with Crippen LogP contribution in [0.25, 0.3) is 0 Å². The summed E-state index contributed by atoms with van der Waals surface area (Å²) < 4.78 is 30.6. The number of hydrogen-bond donors (Lipinski definition) is 0. The average Bonchev–Trinajstić information content (AvgIpc) is 2.79. The van der Waals surface area contributed by atoms with Crippen molar-refractivity contribution >= 4 is 0 Å². The number of halogens is 2. The van der Waals surface area contributed by atoms with E-state index in [9.17, 15) is 8.78 Å². The van der Waals surface area contributed by atoms with Crippen molar-refractivity contribution in [2.24, 2.45) is 7.05 Å². The van der Waals surface area contributed by atoms with Crippen molar-refractivity contribution in [1.82, 2.24) is 14.7 Å². The van der Waals surface area contributed by atoms with Crippen LogP contribution in [-0.2, 0) is 18.3 Å². The van der Waals surface area contributed by atoms with Crippen LogP contribution in [0.15, 0.2) is 0 Å². The molecule has 1 fully saturated rings. The molecule has 2 heterocycles. The molecule has 0 radical (unpaired) electrons. The third-order valence-electron chi connectivity index (χ3n) is 3.57. The van der Waals surface area contributed by atoms with Crippen LogP contribution in [0.5, 0.6) is 0 Å². The quantitative estimate of drug-likeness (QED) is 0.826. The van der Waals surface area contributed by atoms with Crippen molar-refractivity contribution in [3.63, 3.8) is 0 Å². The Hall–Kier alpha value is -1.01. The SMILES string of the molecule is Cc1nn(C)c(C)c1CN1CC[C@H](OC(F)F)C1. The van der Waals surface area contributed by atoms with Crippen LogP contribution in [0.4, 0.5) is 8.78 Å². The molecular weight excluding hydrogens is 240 g/mol. The van der Waals surface area contributed by atoms with Crippen LogP contribution in [-0.4, -0.2) is 40.5 Å². The van der Waals surface area contributed by atoms with Gasteiger partial charge in [-0.3, -0.25) is 9.58 Å². The first kappa shape index (κ1) is 13.4. The Labute approximate surface area is 106 Å². The van der Waals surface area contributed by atoms with Crippen LogP contribution in [0.3, 0.4) is 0 Å². The monoisotopic (exact) mass is 259 g/mol. The van der Waals surface area contributed by atoms with Crippen molar-refractivity contribution < 1.29 is 13.5 Å². The van der Waals surface area contributed by atoms with E-state index in [2.05, 4.69) is 14.7 Å². The van der Waals surface area contributed by atoms with E-state index < -0.39 is 6.61 Å². The highest BCUT2D eigenvalue weighted by Gasteiger charge is 2.26. The van der Waals surface area contributed by atoms with Crippen molar-refractivity contribution in [3.8, 4) is 0 Å². The second-order valence-electron chi connectivity index (χ2n) is 4.82. The van der Waals surface area contributed by atoms with Gasteiger partial charge in [0.1, 0.15) is 0 Å². The fourth-order valence-electron chi connectivity index (χ4n) is 2.47. The summed E-state index contributed by atoms with van der Waals surface area (Å²) in [6.07, 6.45) is 0.324. The van der Waals surface area contributed by atoms with E-state index in [0.29, 0.717) is 13.0 Å². The first-order valence-electron chi connectivity index (χ1n) is 6.12. The number of likely N-dealkylation sites (tertiary alicyclic amines) is 1. The van der Waals surface area contributed by atoms with Gasteiger partial charge in [-0.15, -0.1) is 0 Å². The van der Waals surface area contributed by atoms with Gasteiger partial charge in [0.05, 0.1) is 11.8 Å². The third kappa shape index (κ3) is 2.87. The standard InChI is InChI=1S/C12H19F2N3O/c1-8-11(9(2)16(3)15-8)7-17-5-4-10(6-17)18-12(13)14/h10,12H,4-7H2,1-3H3/t10-/m0/s1. The summed E-state index contributed by atoms with van der Waals surface area (Å²) in [6.45, 7) is 3.46. The smallest absolute Gasteiger partial charge is 0.318 e. The van der Waals surface area contributed by atoms with Gasteiger partial charge < -0.3 is 4.74 Å². The molecule has 0 saturated carbocycles. The van der Waals surface area contributed by atoms with Crippen LogP contribution < -0.4 is 0 Å². The number of aromatic nitrogens is 2. The molecule has 2 rings (SSSR count). The van der Waals surface area contributed by atoms with Gasteiger partial charge in [0.25, 0.3) is 0 Å². The highest BCUT2D eigenvalue weighted by atomic mass is 19.3. The molecule has 0 spiro atoms. The Morgan fingerprint density at radius 2 is 2.17 bits per heavy atom. The van der Waals surface area contributed by atoms with Crippen molar-refractivity contribution in [2.75, 3.05) is 13.1 Å². The summed E-state index contributed by atoms with van der Waals surface area (Å²) in [5, 5.41) is 4.36. The van der Waals surface area contributed by atoms with Crippen LogP contribution in [0.1, 0.15) is 23.4 Å². The summed E-state index contributed by atoms with van der Waals surface area (Å²) >= 11 is 0. The van der Waals surface area contributed by atoms with Gasteiger partial charge in [-0.25, -0.2) is 0 Å². The van der Waals surface area contributed by atoms with Crippen LogP contribution >= 0.6 is 0 Å². The summed E-state index contributed by atoms with van der Waals surface area (Å²) in [5.41, 5.74) is 3.33. The topological polar surface area (TPSA) is 30.3 Å². The summed E-state index contributed by atoms with van der Waals surface area (Å²) in [6, 6.07) is 0. The second kappa shape index (κ2) is 5.32. The van der Waals surface area contributed by atoms with Gasteiger partial charge in [-0.1, -0.05) is 0 Å². The number of rotatable bonds is 4. The highest BCUT2D eigenvalue weighted by molar-refractivity contribution is 5.24. The van der Waals surface area contributed by atoms with Gasteiger partial charge in [0.2, 0.25) is 0 Å². The lowest BCUT2D eigenvalue weighted by Crippen LogP contribution is -2.24. The van der Waals surface area contributed by atoms with E-state index in [1.807, 2.05) is 25.6 Å². The Balaban J connectivity index is 1.95. The predicted octanol–water partition coefficient (Wildman–Crippen LogP) is 1.85. The van der Waals surface area contributed by atoms with Gasteiger partial charge in [-0.2, -0.15) is 13.9 Å². The minimum absolute atomic E-state index is 0.345. The first-order chi connectivity index (χ1) is 8.47. The molecule has 0 bridgehead atoms. The zero-order chi connectivity index (χ0) is 13.3. The highest BCUT2D eigenvalue weighted by Crippen LogP contribution is 2.20. The lowest BCUT2D eigenvalue weighted by molar-refractivity contribution is -0.158. The summed E-state index contributed by atoms with van der Waals surface area (Å²) in [5.74, 6) is 0. The van der Waals surface area contributed by atoms with Crippen LogP contribution in [0.2, 0.25) is 0 Å². The molecular formula is C12H19F2N3O. The lowest BCUT2D eigenvalue weighted by atomic mass is 10.2. The molecule has 0 amide bonds. The van der Waals surface area contributed by atoms with Gasteiger partial charge in [0.15, 0.2) is 0 Å². The lowest BCUT2D eigenvalue weighted by Gasteiger charge is -2.16. The molecule has 1 aliphatic rings. The molecule has 4 nitrogen and oxygen atoms in total. The van der Waals surface area contributed by atoms with E-state index >= 15 is 0 Å². The van der Waals surface area contributed by atoms with Crippen molar-refractivity contribution in [3.05, 3.63) is 17.0 Å². The fraction of sp³-hybridized carbons (Fsp3) is 0.750. The molecule has 0 aromatic carbocycles. The van der Waals surface area contributed by atoms with E-state index in [-0.39, 0.29) is 6.10 Å². The Kier molecular flexibility index (Phi) is 3.97. The minimum atomic E-state index is -2.67. The molecule has 1 atom stereocenters. The molecule has 1 aliphatic heterocycles. The predicted molar refractivity (Wildman–Crippen MR) is 63.5 cm³/mol. The molecule has 1 saturated heterocycles. The van der Waals surface area contributed by atoms with E-state index in [0.717, 1.165) is 24.5 Å². The van der Waals surface area contributed by atoms with E-state index in [4.69, 9.17) is 0 Å². The molecule has 6 heteroatoms. The Morgan fingerprint density at radius 3 is 2.72 bits per heavy atom. The van der Waals surface area contributed by atoms with Crippen molar-refractivity contribution in [1.29, 1.82) is 0 Å². The molecule has 102 valence electrons. The minimum Gasteiger partial charge on any atom is -0.318 e. The zero-order valence-corrected chi connectivity index (χ0v) is 11.0. The normalized spacial score (nSPS) is 21.1. The average molecular weight is 259 g/mol. The molecule has 0 aliphatic carbocycles. The summed E-state index contributed by atoms with van der Waals surface area (Å²) in [4.78, 5) is 2.14. The molecule has 0 N–H and O–H groups in total. The number of ether oxygens (including phenoxy) is 1. The number of aryl methyl sites for hydroxylation is 2. The second-order valence-corrected chi connectivity index (χ2v) is 4.82. The van der Waals surface area contributed by atoms with Crippen LogP contribution in [0, 0.1) is 13.8 Å². The molecule has 18 heavy (non-hydrogen) atoms. The fourth-order valence-corrected chi connectivity index (χ4v) is 2.47. The molecule has 1 aromatic heterocycles. The summed E-state index contributed by atoms with van der Waals surface area (Å²) in [7, 11) is 1.92.